The number of hydrogen-bond donors (Lipinski definition) is 0. The molecule has 0 aliphatic heterocycles. The maximum Gasteiger partial charge on any atom is 0.133 e. The standard InChI is InChI=1S/C10H10BrNS2/c1-2-3-7-6-13-10(12-7)8-4-5-9(11)14-8/h4-6H,2-3H2,1H3. The molecule has 4 heteroatoms. The largest absolute Gasteiger partial charge is 0.240 e. The summed E-state index contributed by atoms with van der Waals surface area (Å²) in [5.41, 5.74) is 1.22. The van der Waals surface area contributed by atoms with Crippen molar-refractivity contribution in [3.8, 4) is 9.88 Å². The molecule has 0 unspecified atom stereocenters. The van der Waals surface area contributed by atoms with Gasteiger partial charge in [-0.15, -0.1) is 22.7 Å². The van der Waals surface area contributed by atoms with Gasteiger partial charge in [-0.1, -0.05) is 13.3 Å². The van der Waals surface area contributed by atoms with E-state index in [9.17, 15) is 0 Å². The second-order valence-electron chi connectivity index (χ2n) is 3.00. The monoisotopic (exact) mass is 287 g/mol. The van der Waals surface area contributed by atoms with Gasteiger partial charge in [-0.3, -0.25) is 0 Å². The molecule has 0 aliphatic rings. The molecule has 14 heavy (non-hydrogen) atoms. The third-order valence-electron chi connectivity index (χ3n) is 1.84. The molecule has 0 aliphatic carbocycles. The van der Waals surface area contributed by atoms with Gasteiger partial charge >= 0.3 is 0 Å². The average Bonchev–Trinajstić information content (AvgIpc) is 2.74. The summed E-state index contributed by atoms with van der Waals surface area (Å²) in [6.45, 7) is 2.18. The van der Waals surface area contributed by atoms with Gasteiger partial charge in [-0.05, 0) is 34.5 Å². The Kier molecular flexibility index (Phi) is 3.36. The Morgan fingerprint density at radius 3 is 2.93 bits per heavy atom. The number of hydrogen-bond acceptors (Lipinski definition) is 3. The molecule has 0 saturated heterocycles. The first-order valence-corrected chi connectivity index (χ1v) is 6.98. The molecule has 0 spiro atoms. The number of aryl methyl sites for hydroxylation is 1. The molecule has 0 radical (unpaired) electrons. The van der Waals surface area contributed by atoms with E-state index in [0.29, 0.717) is 0 Å². The molecule has 1 nitrogen and oxygen atoms in total. The molecule has 0 aromatic carbocycles. The predicted molar refractivity (Wildman–Crippen MR) is 67.1 cm³/mol. The lowest BCUT2D eigenvalue weighted by Gasteiger charge is -1.89. The van der Waals surface area contributed by atoms with E-state index >= 15 is 0 Å². The maximum atomic E-state index is 4.59. The Balaban J connectivity index is 2.24. The van der Waals surface area contributed by atoms with Gasteiger partial charge in [0.1, 0.15) is 5.01 Å². The second kappa shape index (κ2) is 4.55. The van der Waals surface area contributed by atoms with Gasteiger partial charge in [-0.25, -0.2) is 4.98 Å². The lowest BCUT2D eigenvalue weighted by Crippen LogP contribution is -1.81. The number of nitrogens with zero attached hydrogens (tertiary/aromatic N) is 1. The number of aromatic nitrogens is 1. The van der Waals surface area contributed by atoms with Crippen LogP contribution < -0.4 is 0 Å². The predicted octanol–water partition coefficient (Wildman–Crippen LogP) is 4.59. The van der Waals surface area contributed by atoms with Gasteiger partial charge in [0.15, 0.2) is 0 Å². The van der Waals surface area contributed by atoms with Crippen LogP contribution in [0.3, 0.4) is 0 Å². The van der Waals surface area contributed by atoms with Crippen molar-refractivity contribution in [2.24, 2.45) is 0 Å². The van der Waals surface area contributed by atoms with Gasteiger partial charge in [0.25, 0.3) is 0 Å². The van der Waals surface area contributed by atoms with E-state index in [-0.39, 0.29) is 0 Å². The third kappa shape index (κ3) is 2.24. The van der Waals surface area contributed by atoms with E-state index in [1.165, 1.54) is 14.4 Å². The van der Waals surface area contributed by atoms with E-state index in [1.54, 1.807) is 22.7 Å². The molecular weight excluding hydrogens is 278 g/mol. The van der Waals surface area contributed by atoms with Crippen LogP contribution in [0.25, 0.3) is 9.88 Å². The first-order valence-electron chi connectivity index (χ1n) is 4.49. The van der Waals surface area contributed by atoms with Crippen molar-refractivity contribution >= 4 is 38.6 Å². The fourth-order valence-corrected chi connectivity index (χ4v) is 3.53. The number of thiophene rings is 1. The fraction of sp³-hybridized carbons (Fsp3) is 0.300. The van der Waals surface area contributed by atoms with E-state index < -0.39 is 0 Å². The molecule has 0 saturated carbocycles. The van der Waals surface area contributed by atoms with Crippen LogP contribution in [0.4, 0.5) is 0 Å². The SMILES string of the molecule is CCCc1csc(-c2ccc(Br)s2)n1. The van der Waals surface area contributed by atoms with Crippen LogP contribution in [-0.2, 0) is 6.42 Å². The average molecular weight is 288 g/mol. The van der Waals surface area contributed by atoms with Crippen molar-refractivity contribution in [3.63, 3.8) is 0 Å². The van der Waals surface area contributed by atoms with E-state index in [1.807, 2.05) is 0 Å². The molecule has 2 aromatic rings. The molecule has 2 rings (SSSR count). The first-order chi connectivity index (χ1) is 6.79. The summed E-state index contributed by atoms with van der Waals surface area (Å²) in [6, 6.07) is 4.18. The van der Waals surface area contributed by atoms with Crippen LogP contribution in [0.2, 0.25) is 0 Å². The van der Waals surface area contributed by atoms with E-state index in [0.717, 1.165) is 17.8 Å². The van der Waals surface area contributed by atoms with Crippen LogP contribution in [0, 0.1) is 0 Å². The van der Waals surface area contributed by atoms with Crippen LogP contribution in [0.1, 0.15) is 19.0 Å². The lowest BCUT2D eigenvalue weighted by molar-refractivity contribution is 0.894. The smallest absolute Gasteiger partial charge is 0.133 e. The molecule has 0 fully saturated rings. The van der Waals surface area contributed by atoms with Crippen LogP contribution >= 0.6 is 38.6 Å². The van der Waals surface area contributed by atoms with Gasteiger partial charge in [0.05, 0.1) is 14.4 Å². The summed E-state index contributed by atoms with van der Waals surface area (Å²) in [5, 5.41) is 3.30. The molecule has 2 heterocycles. The summed E-state index contributed by atoms with van der Waals surface area (Å²) in [4.78, 5) is 5.85. The molecule has 74 valence electrons. The Hall–Kier alpha value is -0.190. The minimum absolute atomic E-state index is 1.09. The Morgan fingerprint density at radius 2 is 2.29 bits per heavy atom. The normalized spacial score (nSPS) is 10.7. The minimum Gasteiger partial charge on any atom is -0.240 e. The molecule has 0 bridgehead atoms. The third-order valence-corrected chi connectivity index (χ3v) is 4.53. The minimum atomic E-state index is 1.09. The Bertz CT molecular complexity index is 419. The highest BCUT2D eigenvalue weighted by molar-refractivity contribution is 9.11. The van der Waals surface area contributed by atoms with Crippen molar-refractivity contribution in [1.82, 2.24) is 4.98 Å². The van der Waals surface area contributed by atoms with Gasteiger partial charge in [0.2, 0.25) is 0 Å². The van der Waals surface area contributed by atoms with Crippen molar-refractivity contribution in [1.29, 1.82) is 0 Å². The zero-order valence-corrected chi connectivity index (χ0v) is 11.0. The Morgan fingerprint density at radius 1 is 1.43 bits per heavy atom. The molecule has 0 atom stereocenters. The van der Waals surface area contributed by atoms with Crippen molar-refractivity contribution in [2.45, 2.75) is 19.8 Å². The first kappa shape index (κ1) is 10.3. The van der Waals surface area contributed by atoms with Gasteiger partial charge in [0, 0.05) is 5.38 Å². The second-order valence-corrected chi connectivity index (χ2v) is 6.32. The van der Waals surface area contributed by atoms with Crippen LogP contribution in [0.15, 0.2) is 21.3 Å². The lowest BCUT2D eigenvalue weighted by atomic mass is 10.3. The molecule has 2 aromatic heterocycles. The number of thiazole rings is 1. The number of halogens is 1. The zero-order chi connectivity index (χ0) is 9.97. The molecule has 0 amide bonds. The Labute approximate surface area is 100.0 Å². The van der Waals surface area contributed by atoms with E-state index in [2.05, 4.69) is 45.4 Å². The highest BCUT2D eigenvalue weighted by Crippen LogP contribution is 2.33. The fourth-order valence-electron chi connectivity index (χ4n) is 1.22. The van der Waals surface area contributed by atoms with Crippen molar-refractivity contribution in [2.75, 3.05) is 0 Å². The summed E-state index contributed by atoms with van der Waals surface area (Å²) in [5.74, 6) is 0. The number of rotatable bonds is 3. The van der Waals surface area contributed by atoms with E-state index in [4.69, 9.17) is 0 Å². The highest BCUT2D eigenvalue weighted by atomic mass is 79.9. The summed E-state index contributed by atoms with van der Waals surface area (Å²) < 4.78 is 1.17. The summed E-state index contributed by atoms with van der Waals surface area (Å²) in [7, 11) is 0. The highest BCUT2D eigenvalue weighted by Gasteiger charge is 2.06. The van der Waals surface area contributed by atoms with Crippen LogP contribution in [-0.4, -0.2) is 4.98 Å². The topological polar surface area (TPSA) is 12.9 Å². The maximum absolute atomic E-state index is 4.59. The van der Waals surface area contributed by atoms with Crippen LogP contribution in [0.5, 0.6) is 0 Å². The quantitative estimate of drug-likeness (QED) is 0.805. The summed E-state index contributed by atoms with van der Waals surface area (Å²) >= 11 is 6.93. The van der Waals surface area contributed by atoms with Crippen molar-refractivity contribution in [3.05, 3.63) is 27.0 Å². The molecular formula is C10H10BrNS2. The van der Waals surface area contributed by atoms with Gasteiger partial charge < -0.3 is 0 Å². The zero-order valence-electron chi connectivity index (χ0n) is 7.79. The molecule has 0 N–H and O–H groups in total. The van der Waals surface area contributed by atoms with Crippen molar-refractivity contribution < 1.29 is 0 Å². The van der Waals surface area contributed by atoms with Gasteiger partial charge in [-0.2, -0.15) is 0 Å². The summed E-state index contributed by atoms with van der Waals surface area (Å²) in [6.07, 6.45) is 2.25.